The number of rotatable bonds is 7. The van der Waals surface area contributed by atoms with Crippen molar-refractivity contribution in [3.05, 3.63) is 42.6 Å². The van der Waals surface area contributed by atoms with Gasteiger partial charge >= 0.3 is 0 Å². The fraction of sp³-hybridized carbons (Fsp3) is 0.250. The Bertz CT molecular complexity index is 964. The number of hydrogen-bond acceptors (Lipinski definition) is 5. The molecular weight excluding hydrogens is 348 g/mol. The van der Waals surface area contributed by atoms with E-state index in [1.807, 2.05) is 29.0 Å². The number of carbonyl (C=O) groups is 1. The van der Waals surface area contributed by atoms with Gasteiger partial charge in [-0.3, -0.25) is 4.79 Å². The van der Waals surface area contributed by atoms with Crippen LogP contribution in [0.2, 0.25) is 0 Å². The van der Waals surface area contributed by atoms with Crippen molar-refractivity contribution in [3.63, 3.8) is 0 Å². The Morgan fingerprint density at radius 3 is 2.30 bits per heavy atom. The molecule has 1 aromatic heterocycles. The number of carbonyl (C=O) groups excluding carboxylic acids is 1. The van der Waals surface area contributed by atoms with Gasteiger partial charge in [0.15, 0.2) is 0 Å². The molecule has 0 unspecified atom stereocenters. The number of amides is 1. The van der Waals surface area contributed by atoms with Crippen molar-refractivity contribution in [1.29, 1.82) is 0 Å². The normalized spacial score (nSPS) is 10.5. The topological polar surface area (TPSA) is 71.0 Å². The van der Waals surface area contributed by atoms with Crippen LogP contribution in [-0.2, 0) is 11.3 Å². The van der Waals surface area contributed by atoms with Crippen molar-refractivity contribution in [2.75, 3.05) is 33.8 Å². The van der Waals surface area contributed by atoms with Crippen LogP contribution in [-0.4, -0.2) is 38.9 Å². The number of nitrogens with zero attached hydrogens (tertiary/aromatic N) is 1. The number of nitrogens with one attached hydrogen (secondary N) is 1. The molecule has 0 bridgehead atoms. The third-order valence-electron chi connectivity index (χ3n) is 4.27. The minimum atomic E-state index is -0.194. The van der Waals surface area contributed by atoms with E-state index in [-0.39, 0.29) is 12.5 Å². The Labute approximate surface area is 157 Å². The van der Waals surface area contributed by atoms with Gasteiger partial charge in [0.2, 0.25) is 5.91 Å². The predicted molar refractivity (Wildman–Crippen MR) is 103 cm³/mol. The average Bonchev–Trinajstić information content (AvgIpc) is 3.09. The summed E-state index contributed by atoms with van der Waals surface area (Å²) in [7, 11) is 6.32. The van der Waals surface area contributed by atoms with E-state index < -0.39 is 0 Å². The molecule has 0 saturated carbocycles. The molecule has 0 fully saturated rings. The lowest BCUT2D eigenvalue weighted by Gasteiger charge is -2.13. The van der Waals surface area contributed by atoms with Gasteiger partial charge in [-0.2, -0.15) is 0 Å². The lowest BCUT2D eigenvalue weighted by Crippen LogP contribution is -2.18. The van der Waals surface area contributed by atoms with E-state index in [4.69, 9.17) is 18.9 Å². The Morgan fingerprint density at radius 1 is 0.889 bits per heavy atom. The number of ether oxygens (including phenoxy) is 4. The summed E-state index contributed by atoms with van der Waals surface area (Å²) in [5, 5.41) is 3.78. The SMILES string of the molecule is COc1ccc(OC)c(NC(=O)Cn2ccc3c(OC)cc(OC)cc32)c1. The predicted octanol–water partition coefficient (Wildman–Crippen LogP) is 3.31. The van der Waals surface area contributed by atoms with Crippen LogP contribution in [0.25, 0.3) is 10.9 Å². The first-order valence-corrected chi connectivity index (χ1v) is 8.32. The molecule has 3 aromatic rings. The van der Waals surface area contributed by atoms with Crippen molar-refractivity contribution in [2.24, 2.45) is 0 Å². The number of aromatic nitrogens is 1. The van der Waals surface area contributed by atoms with E-state index in [0.717, 1.165) is 10.9 Å². The molecule has 0 saturated heterocycles. The van der Waals surface area contributed by atoms with Gasteiger partial charge in [-0.15, -0.1) is 0 Å². The number of hydrogen-bond donors (Lipinski definition) is 1. The van der Waals surface area contributed by atoms with Crippen LogP contribution >= 0.6 is 0 Å². The second kappa shape index (κ2) is 7.90. The van der Waals surface area contributed by atoms with Crippen LogP contribution < -0.4 is 24.3 Å². The van der Waals surface area contributed by atoms with Crippen molar-refractivity contribution >= 4 is 22.5 Å². The summed E-state index contributed by atoms with van der Waals surface area (Å²) in [4.78, 5) is 12.6. The lowest BCUT2D eigenvalue weighted by atomic mass is 10.2. The first-order chi connectivity index (χ1) is 13.1. The Hall–Kier alpha value is -3.35. The maximum atomic E-state index is 12.6. The Balaban J connectivity index is 1.86. The highest BCUT2D eigenvalue weighted by atomic mass is 16.5. The van der Waals surface area contributed by atoms with Crippen molar-refractivity contribution in [3.8, 4) is 23.0 Å². The molecular formula is C20H22N2O5. The molecule has 1 heterocycles. The molecule has 0 radical (unpaired) electrons. The zero-order valence-corrected chi connectivity index (χ0v) is 15.7. The molecule has 0 spiro atoms. The minimum Gasteiger partial charge on any atom is -0.497 e. The van der Waals surface area contributed by atoms with Crippen LogP contribution in [0.3, 0.4) is 0 Å². The fourth-order valence-electron chi connectivity index (χ4n) is 2.92. The average molecular weight is 370 g/mol. The van der Waals surface area contributed by atoms with E-state index in [1.165, 1.54) is 0 Å². The van der Waals surface area contributed by atoms with Gasteiger partial charge in [-0.1, -0.05) is 0 Å². The van der Waals surface area contributed by atoms with Gasteiger partial charge in [0, 0.05) is 29.8 Å². The third kappa shape index (κ3) is 3.76. The monoisotopic (exact) mass is 370 g/mol. The van der Waals surface area contributed by atoms with Crippen LogP contribution in [0.4, 0.5) is 5.69 Å². The maximum absolute atomic E-state index is 12.6. The van der Waals surface area contributed by atoms with Gasteiger partial charge in [0.25, 0.3) is 0 Å². The molecule has 3 rings (SSSR count). The second-order valence-electron chi connectivity index (χ2n) is 5.82. The zero-order chi connectivity index (χ0) is 19.4. The highest BCUT2D eigenvalue weighted by Crippen LogP contribution is 2.32. The van der Waals surface area contributed by atoms with E-state index >= 15 is 0 Å². The van der Waals surface area contributed by atoms with Crippen molar-refractivity contribution < 1.29 is 23.7 Å². The van der Waals surface area contributed by atoms with Gasteiger partial charge < -0.3 is 28.8 Å². The van der Waals surface area contributed by atoms with Crippen molar-refractivity contribution in [1.82, 2.24) is 4.57 Å². The summed E-state index contributed by atoms with van der Waals surface area (Å²) in [6.45, 7) is 0.125. The first-order valence-electron chi connectivity index (χ1n) is 8.32. The number of benzene rings is 2. The maximum Gasteiger partial charge on any atom is 0.244 e. The lowest BCUT2D eigenvalue weighted by molar-refractivity contribution is -0.116. The Kier molecular flexibility index (Phi) is 5.40. The largest absolute Gasteiger partial charge is 0.497 e. The molecule has 1 amide bonds. The summed E-state index contributed by atoms with van der Waals surface area (Å²) in [6.07, 6.45) is 1.84. The highest BCUT2D eigenvalue weighted by molar-refractivity contribution is 5.94. The van der Waals surface area contributed by atoms with Gasteiger partial charge in [0.1, 0.15) is 29.5 Å². The molecule has 0 atom stereocenters. The fourth-order valence-corrected chi connectivity index (χ4v) is 2.92. The van der Waals surface area contributed by atoms with Crippen molar-refractivity contribution in [2.45, 2.75) is 6.54 Å². The zero-order valence-electron chi connectivity index (χ0n) is 15.7. The smallest absolute Gasteiger partial charge is 0.244 e. The Morgan fingerprint density at radius 2 is 1.63 bits per heavy atom. The molecule has 1 N–H and O–H groups in total. The van der Waals surface area contributed by atoms with Crippen LogP contribution in [0.15, 0.2) is 42.6 Å². The van der Waals surface area contributed by atoms with Crippen LogP contribution in [0, 0.1) is 0 Å². The van der Waals surface area contributed by atoms with E-state index in [2.05, 4.69) is 5.32 Å². The molecule has 2 aromatic carbocycles. The van der Waals surface area contributed by atoms with E-state index in [1.54, 1.807) is 46.6 Å². The quantitative estimate of drug-likeness (QED) is 0.691. The summed E-state index contributed by atoms with van der Waals surface area (Å²) in [5.41, 5.74) is 1.40. The number of anilines is 1. The summed E-state index contributed by atoms with van der Waals surface area (Å²) in [5.74, 6) is 2.35. The van der Waals surface area contributed by atoms with Gasteiger partial charge in [0.05, 0.1) is 39.6 Å². The van der Waals surface area contributed by atoms with Crippen LogP contribution in [0.1, 0.15) is 0 Å². The molecule has 7 heteroatoms. The molecule has 7 nitrogen and oxygen atoms in total. The van der Waals surface area contributed by atoms with Gasteiger partial charge in [-0.25, -0.2) is 0 Å². The molecule has 142 valence electrons. The summed E-state index contributed by atoms with van der Waals surface area (Å²) in [6, 6.07) is 10.8. The second-order valence-corrected chi connectivity index (χ2v) is 5.82. The molecule has 0 aliphatic heterocycles. The standard InChI is InChI=1S/C20H22N2O5/c1-24-13-5-6-18(26-3)16(9-13)21-20(23)12-22-8-7-15-17(22)10-14(25-2)11-19(15)27-4/h5-11H,12H2,1-4H3,(H,21,23). The molecule has 0 aliphatic carbocycles. The number of fused-ring (bicyclic) bond motifs is 1. The highest BCUT2D eigenvalue weighted by Gasteiger charge is 2.13. The number of methoxy groups -OCH3 is 4. The molecule has 27 heavy (non-hydrogen) atoms. The summed E-state index contributed by atoms with van der Waals surface area (Å²) < 4.78 is 23.1. The first kappa shape index (κ1) is 18.4. The summed E-state index contributed by atoms with van der Waals surface area (Å²) >= 11 is 0. The van der Waals surface area contributed by atoms with E-state index in [0.29, 0.717) is 28.7 Å². The third-order valence-corrected chi connectivity index (χ3v) is 4.27. The molecule has 0 aliphatic rings. The minimum absolute atomic E-state index is 0.125. The van der Waals surface area contributed by atoms with E-state index in [9.17, 15) is 4.79 Å². The van der Waals surface area contributed by atoms with Crippen LogP contribution in [0.5, 0.6) is 23.0 Å². The van der Waals surface area contributed by atoms with Gasteiger partial charge in [-0.05, 0) is 18.2 Å².